The van der Waals surface area contributed by atoms with Crippen molar-refractivity contribution in [3.8, 4) is 0 Å². The van der Waals surface area contributed by atoms with E-state index in [1.165, 1.54) is 0 Å². The maximum absolute atomic E-state index is 10.4. The lowest BCUT2D eigenvalue weighted by molar-refractivity contribution is -0.138. The van der Waals surface area contributed by atoms with Gasteiger partial charge in [0.05, 0.1) is 5.76 Å². The van der Waals surface area contributed by atoms with E-state index in [0.717, 1.165) is 5.57 Å². The van der Waals surface area contributed by atoms with E-state index in [-0.39, 0.29) is 0 Å². The molecule has 4 N–H and O–H groups in total. The summed E-state index contributed by atoms with van der Waals surface area (Å²) in [6.45, 7) is 0. The minimum absolute atomic E-state index is 0.340. The van der Waals surface area contributed by atoms with E-state index < -0.39 is 12.0 Å². The third-order valence-electron chi connectivity index (χ3n) is 2.01. The Morgan fingerprint density at radius 3 is 2.69 bits per heavy atom. The molecule has 13 heavy (non-hydrogen) atoms. The van der Waals surface area contributed by atoms with Crippen molar-refractivity contribution >= 4 is 5.97 Å². The average molecular weight is 183 g/mol. The topological polar surface area (TPSA) is 83.5 Å². The van der Waals surface area contributed by atoms with Crippen LogP contribution >= 0.6 is 0 Å². The van der Waals surface area contributed by atoms with Gasteiger partial charge in [-0.2, -0.15) is 0 Å². The summed E-state index contributed by atoms with van der Waals surface area (Å²) in [7, 11) is 0. The zero-order valence-corrected chi connectivity index (χ0v) is 7.23. The Labute approximate surface area is 76.4 Å². The van der Waals surface area contributed by atoms with E-state index in [0.29, 0.717) is 25.0 Å². The molecule has 4 heteroatoms. The van der Waals surface area contributed by atoms with Gasteiger partial charge in [-0.3, -0.25) is 4.79 Å². The van der Waals surface area contributed by atoms with Gasteiger partial charge >= 0.3 is 5.97 Å². The number of carbonyl (C=O) groups is 1. The Morgan fingerprint density at radius 2 is 2.23 bits per heavy atom. The van der Waals surface area contributed by atoms with Crippen LogP contribution in [0.25, 0.3) is 0 Å². The molecule has 0 radical (unpaired) electrons. The number of aliphatic hydroxyl groups excluding tert-OH is 1. The summed E-state index contributed by atoms with van der Waals surface area (Å²) in [5, 5.41) is 17.6. The van der Waals surface area contributed by atoms with Gasteiger partial charge < -0.3 is 15.9 Å². The highest BCUT2D eigenvalue weighted by atomic mass is 16.4. The van der Waals surface area contributed by atoms with Crippen LogP contribution < -0.4 is 5.73 Å². The number of aliphatic hydroxyl groups is 1. The van der Waals surface area contributed by atoms with Gasteiger partial charge in [-0.05, 0) is 18.9 Å². The molecular formula is C9H13NO3. The molecule has 0 bridgehead atoms. The molecule has 1 unspecified atom stereocenters. The Balaban J connectivity index is 2.51. The minimum Gasteiger partial charge on any atom is -0.512 e. The first-order chi connectivity index (χ1) is 6.09. The molecule has 0 aromatic heterocycles. The lowest BCUT2D eigenvalue weighted by atomic mass is 9.97. The molecule has 0 aromatic carbocycles. The monoisotopic (exact) mass is 183 g/mol. The average Bonchev–Trinajstić information content (AvgIpc) is 2.08. The van der Waals surface area contributed by atoms with Crippen LogP contribution in [0.4, 0.5) is 0 Å². The number of carboxylic acid groups (broad SMARTS) is 1. The summed E-state index contributed by atoms with van der Waals surface area (Å²) < 4.78 is 0. The first kappa shape index (κ1) is 9.80. The number of hydrogen-bond donors (Lipinski definition) is 3. The molecule has 0 saturated heterocycles. The van der Waals surface area contributed by atoms with Crippen molar-refractivity contribution in [2.24, 2.45) is 5.73 Å². The third-order valence-corrected chi connectivity index (χ3v) is 2.01. The quantitative estimate of drug-likeness (QED) is 0.608. The molecule has 0 saturated carbocycles. The van der Waals surface area contributed by atoms with Crippen LogP contribution in [0.15, 0.2) is 23.5 Å². The fourth-order valence-corrected chi connectivity index (χ4v) is 1.21. The second-order valence-electron chi connectivity index (χ2n) is 3.13. The van der Waals surface area contributed by atoms with Crippen LogP contribution in [0.1, 0.15) is 19.3 Å². The lowest BCUT2D eigenvalue weighted by Crippen LogP contribution is -2.30. The van der Waals surface area contributed by atoms with Crippen LogP contribution in [-0.4, -0.2) is 22.2 Å². The van der Waals surface area contributed by atoms with Crippen LogP contribution in [0, 0.1) is 0 Å². The molecule has 0 spiro atoms. The summed E-state index contributed by atoms with van der Waals surface area (Å²) in [5.41, 5.74) is 6.34. The molecule has 1 rings (SSSR count). The molecule has 1 aliphatic rings. The smallest absolute Gasteiger partial charge is 0.320 e. The molecule has 0 fully saturated rings. The number of carboxylic acids is 1. The zero-order chi connectivity index (χ0) is 9.84. The van der Waals surface area contributed by atoms with Crippen molar-refractivity contribution < 1.29 is 15.0 Å². The molecule has 0 heterocycles. The van der Waals surface area contributed by atoms with Gasteiger partial charge in [0.2, 0.25) is 0 Å². The maximum atomic E-state index is 10.4. The highest BCUT2D eigenvalue weighted by Gasteiger charge is 2.14. The minimum atomic E-state index is -0.986. The summed E-state index contributed by atoms with van der Waals surface area (Å²) in [6.07, 6.45) is 4.97. The predicted molar refractivity (Wildman–Crippen MR) is 48.3 cm³/mol. The Morgan fingerprint density at radius 1 is 1.54 bits per heavy atom. The van der Waals surface area contributed by atoms with Crippen LogP contribution in [0.3, 0.4) is 0 Å². The molecule has 1 aliphatic carbocycles. The van der Waals surface area contributed by atoms with Crippen molar-refractivity contribution in [2.45, 2.75) is 25.3 Å². The molecule has 72 valence electrons. The van der Waals surface area contributed by atoms with Gasteiger partial charge in [0.15, 0.2) is 0 Å². The van der Waals surface area contributed by atoms with Crippen molar-refractivity contribution in [2.75, 3.05) is 0 Å². The molecule has 1 atom stereocenters. The Hall–Kier alpha value is -1.29. The lowest BCUT2D eigenvalue weighted by Gasteiger charge is -2.13. The SMILES string of the molecule is NC(CC1=CC=C(O)CC1)C(=O)O. The highest BCUT2D eigenvalue weighted by Crippen LogP contribution is 2.19. The summed E-state index contributed by atoms with van der Waals surface area (Å²) in [5.74, 6) is -0.646. The number of rotatable bonds is 3. The molecule has 0 aromatic rings. The van der Waals surface area contributed by atoms with E-state index in [2.05, 4.69) is 0 Å². The van der Waals surface area contributed by atoms with Gasteiger partial charge in [-0.15, -0.1) is 0 Å². The van der Waals surface area contributed by atoms with Gasteiger partial charge in [-0.25, -0.2) is 0 Å². The van der Waals surface area contributed by atoms with Crippen molar-refractivity contribution in [1.82, 2.24) is 0 Å². The second-order valence-corrected chi connectivity index (χ2v) is 3.13. The molecular weight excluding hydrogens is 170 g/mol. The van der Waals surface area contributed by atoms with Crippen molar-refractivity contribution in [1.29, 1.82) is 0 Å². The maximum Gasteiger partial charge on any atom is 0.320 e. The van der Waals surface area contributed by atoms with Gasteiger partial charge in [0.25, 0.3) is 0 Å². The van der Waals surface area contributed by atoms with Gasteiger partial charge in [0, 0.05) is 6.42 Å². The number of aliphatic carboxylic acids is 1. The third kappa shape index (κ3) is 2.91. The van der Waals surface area contributed by atoms with E-state index in [9.17, 15) is 4.79 Å². The summed E-state index contributed by atoms with van der Waals surface area (Å²) >= 11 is 0. The first-order valence-corrected chi connectivity index (χ1v) is 4.15. The second kappa shape index (κ2) is 4.09. The highest BCUT2D eigenvalue weighted by molar-refractivity contribution is 5.73. The standard InChI is InChI=1S/C9H13NO3/c10-8(9(12)13)5-6-1-3-7(11)4-2-6/h1,3,8,11H,2,4-5,10H2,(H,12,13). The van der Waals surface area contributed by atoms with Crippen LogP contribution in [0.2, 0.25) is 0 Å². The molecule has 0 amide bonds. The normalized spacial score (nSPS) is 18.8. The largest absolute Gasteiger partial charge is 0.512 e. The predicted octanol–water partition coefficient (Wildman–Crippen LogP) is 0.951. The molecule has 4 nitrogen and oxygen atoms in total. The fourth-order valence-electron chi connectivity index (χ4n) is 1.21. The zero-order valence-electron chi connectivity index (χ0n) is 7.23. The van der Waals surface area contributed by atoms with E-state index >= 15 is 0 Å². The summed E-state index contributed by atoms with van der Waals surface area (Å²) in [4.78, 5) is 10.4. The van der Waals surface area contributed by atoms with Crippen LogP contribution in [0.5, 0.6) is 0 Å². The van der Waals surface area contributed by atoms with Crippen LogP contribution in [-0.2, 0) is 4.79 Å². The van der Waals surface area contributed by atoms with E-state index in [4.69, 9.17) is 15.9 Å². The van der Waals surface area contributed by atoms with Gasteiger partial charge in [0.1, 0.15) is 6.04 Å². The number of nitrogens with two attached hydrogens (primary N) is 1. The number of hydrogen-bond acceptors (Lipinski definition) is 3. The summed E-state index contributed by atoms with van der Waals surface area (Å²) in [6, 6.07) is -0.833. The van der Waals surface area contributed by atoms with Crippen molar-refractivity contribution in [3.05, 3.63) is 23.5 Å². The Bertz CT molecular complexity index is 268. The first-order valence-electron chi connectivity index (χ1n) is 4.15. The van der Waals surface area contributed by atoms with E-state index in [1.54, 1.807) is 12.2 Å². The van der Waals surface area contributed by atoms with E-state index in [1.807, 2.05) is 0 Å². The molecule has 0 aliphatic heterocycles. The van der Waals surface area contributed by atoms with Crippen molar-refractivity contribution in [3.63, 3.8) is 0 Å². The van der Waals surface area contributed by atoms with Gasteiger partial charge in [-0.1, -0.05) is 11.6 Å². The fraction of sp³-hybridized carbons (Fsp3) is 0.444. The Kier molecular flexibility index (Phi) is 3.08. The number of allylic oxidation sites excluding steroid dienone is 3.